The molecule has 0 aromatic heterocycles. The van der Waals surface area contributed by atoms with Crippen LogP contribution in [0.3, 0.4) is 0 Å². The van der Waals surface area contributed by atoms with Crippen molar-refractivity contribution in [3.05, 3.63) is 29.3 Å². The highest BCUT2D eigenvalue weighted by Crippen LogP contribution is 2.36. The quantitative estimate of drug-likeness (QED) is 0.868. The Balaban J connectivity index is 2.35. The van der Waals surface area contributed by atoms with E-state index in [0.717, 1.165) is 25.0 Å². The van der Waals surface area contributed by atoms with Crippen LogP contribution in [0.4, 0.5) is 0 Å². The Kier molecular flexibility index (Phi) is 3.72. The van der Waals surface area contributed by atoms with Gasteiger partial charge in [-0.05, 0) is 42.5 Å². The lowest BCUT2D eigenvalue weighted by molar-refractivity contribution is 0.300. The van der Waals surface area contributed by atoms with Crippen molar-refractivity contribution >= 4 is 0 Å². The van der Waals surface area contributed by atoms with E-state index in [1.54, 1.807) is 7.11 Å². The van der Waals surface area contributed by atoms with Gasteiger partial charge in [-0.2, -0.15) is 0 Å². The Bertz CT molecular complexity index is 358. The summed E-state index contributed by atoms with van der Waals surface area (Å²) >= 11 is 0. The van der Waals surface area contributed by atoms with Crippen LogP contribution in [-0.2, 0) is 12.0 Å². The fourth-order valence-electron chi connectivity index (χ4n) is 2.74. The molecule has 0 heterocycles. The Morgan fingerprint density at radius 1 is 1.18 bits per heavy atom. The second kappa shape index (κ2) is 5.09. The Morgan fingerprint density at radius 3 is 2.47 bits per heavy atom. The van der Waals surface area contributed by atoms with E-state index in [9.17, 15) is 0 Å². The summed E-state index contributed by atoms with van der Waals surface area (Å²) in [4.78, 5) is 0. The van der Waals surface area contributed by atoms with Crippen molar-refractivity contribution in [3.8, 4) is 5.75 Å². The van der Waals surface area contributed by atoms with Gasteiger partial charge in [0.25, 0.3) is 0 Å². The van der Waals surface area contributed by atoms with Crippen LogP contribution in [0.1, 0.15) is 50.2 Å². The number of aryl methyl sites for hydroxylation is 1. The average Bonchev–Trinajstić information content (AvgIpc) is 2.39. The number of rotatable bonds is 3. The molecule has 1 fully saturated rings. The summed E-state index contributed by atoms with van der Waals surface area (Å²) in [5, 5.41) is 0. The lowest BCUT2D eigenvalue weighted by Crippen LogP contribution is -2.38. The molecule has 0 saturated heterocycles. The molecule has 0 amide bonds. The van der Waals surface area contributed by atoms with Gasteiger partial charge >= 0.3 is 0 Å². The molecule has 2 nitrogen and oxygen atoms in total. The number of hydrogen-bond donors (Lipinski definition) is 1. The number of hydrogen-bond acceptors (Lipinski definition) is 2. The van der Waals surface area contributed by atoms with Gasteiger partial charge in [-0.3, -0.25) is 0 Å². The van der Waals surface area contributed by atoms with Crippen LogP contribution in [0.2, 0.25) is 0 Å². The topological polar surface area (TPSA) is 35.2 Å². The normalized spacial score (nSPS) is 19.0. The number of nitrogens with two attached hydrogens (primary N) is 1. The molecule has 1 aromatic rings. The smallest absolute Gasteiger partial charge is 0.119 e. The third-order valence-corrected chi connectivity index (χ3v) is 3.93. The van der Waals surface area contributed by atoms with Crippen molar-refractivity contribution in [3.63, 3.8) is 0 Å². The van der Waals surface area contributed by atoms with E-state index in [-0.39, 0.29) is 5.54 Å². The number of methoxy groups -OCH3 is 1. The summed E-state index contributed by atoms with van der Waals surface area (Å²) in [6, 6.07) is 6.48. The molecule has 0 radical (unpaired) electrons. The van der Waals surface area contributed by atoms with E-state index in [1.807, 2.05) is 0 Å². The third kappa shape index (κ3) is 2.63. The third-order valence-electron chi connectivity index (χ3n) is 3.93. The van der Waals surface area contributed by atoms with Gasteiger partial charge in [-0.1, -0.05) is 32.3 Å². The number of ether oxygens (including phenoxy) is 1. The molecule has 2 heteroatoms. The second-order valence-corrected chi connectivity index (χ2v) is 5.14. The minimum Gasteiger partial charge on any atom is -0.497 e. The van der Waals surface area contributed by atoms with Gasteiger partial charge in [0, 0.05) is 5.54 Å². The van der Waals surface area contributed by atoms with Crippen LogP contribution in [-0.4, -0.2) is 7.11 Å². The fourth-order valence-corrected chi connectivity index (χ4v) is 2.74. The van der Waals surface area contributed by atoms with Gasteiger partial charge in [-0.15, -0.1) is 0 Å². The van der Waals surface area contributed by atoms with Crippen LogP contribution in [0.15, 0.2) is 18.2 Å². The van der Waals surface area contributed by atoms with Gasteiger partial charge in [0.15, 0.2) is 0 Å². The average molecular weight is 233 g/mol. The highest BCUT2D eigenvalue weighted by Gasteiger charge is 2.29. The van der Waals surface area contributed by atoms with E-state index < -0.39 is 0 Å². The SMILES string of the molecule is CCc1cc(OC)cc(C2(N)CCCCC2)c1. The molecular weight excluding hydrogens is 210 g/mol. The second-order valence-electron chi connectivity index (χ2n) is 5.14. The summed E-state index contributed by atoms with van der Waals surface area (Å²) < 4.78 is 5.38. The summed E-state index contributed by atoms with van der Waals surface area (Å²) in [6.07, 6.45) is 7.04. The van der Waals surface area contributed by atoms with Gasteiger partial charge in [0.1, 0.15) is 5.75 Å². The minimum absolute atomic E-state index is 0.128. The predicted molar refractivity (Wildman–Crippen MR) is 71.3 cm³/mol. The molecule has 0 atom stereocenters. The van der Waals surface area contributed by atoms with Crippen LogP contribution in [0.25, 0.3) is 0 Å². The Hall–Kier alpha value is -1.02. The molecule has 1 aliphatic carbocycles. The highest BCUT2D eigenvalue weighted by atomic mass is 16.5. The zero-order valence-electron chi connectivity index (χ0n) is 11.0. The Morgan fingerprint density at radius 2 is 1.88 bits per heavy atom. The summed E-state index contributed by atoms with van der Waals surface area (Å²) in [5.74, 6) is 0.940. The van der Waals surface area contributed by atoms with E-state index in [2.05, 4.69) is 25.1 Å². The molecule has 2 rings (SSSR count). The first kappa shape index (κ1) is 12.4. The van der Waals surface area contributed by atoms with Crippen molar-refractivity contribution in [2.24, 2.45) is 5.73 Å². The van der Waals surface area contributed by atoms with Crippen molar-refractivity contribution in [2.75, 3.05) is 7.11 Å². The van der Waals surface area contributed by atoms with Gasteiger partial charge in [0.05, 0.1) is 7.11 Å². The first-order valence-electron chi connectivity index (χ1n) is 6.65. The predicted octanol–water partition coefficient (Wildman–Crippen LogP) is 3.38. The molecular formula is C15H23NO. The van der Waals surface area contributed by atoms with Crippen LogP contribution < -0.4 is 10.5 Å². The number of benzene rings is 1. The molecule has 0 spiro atoms. The molecule has 17 heavy (non-hydrogen) atoms. The van der Waals surface area contributed by atoms with Crippen LogP contribution >= 0.6 is 0 Å². The van der Waals surface area contributed by atoms with Crippen LogP contribution in [0.5, 0.6) is 5.75 Å². The summed E-state index contributed by atoms with van der Waals surface area (Å²) in [7, 11) is 1.72. The van der Waals surface area contributed by atoms with Crippen molar-refractivity contribution in [2.45, 2.75) is 51.0 Å². The van der Waals surface area contributed by atoms with Crippen molar-refractivity contribution in [1.82, 2.24) is 0 Å². The van der Waals surface area contributed by atoms with E-state index >= 15 is 0 Å². The monoisotopic (exact) mass is 233 g/mol. The standard InChI is InChI=1S/C15H23NO/c1-3-12-9-13(11-14(10-12)17-2)15(16)7-5-4-6-8-15/h9-11H,3-8,16H2,1-2H3. The highest BCUT2D eigenvalue weighted by molar-refractivity contribution is 5.38. The lowest BCUT2D eigenvalue weighted by Gasteiger charge is -2.34. The first-order chi connectivity index (χ1) is 8.18. The molecule has 1 saturated carbocycles. The fraction of sp³-hybridized carbons (Fsp3) is 0.600. The summed E-state index contributed by atoms with van der Waals surface area (Å²) in [5.41, 5.74) is 9.02. The zero-order valence-corrected chi connectivity index (χ0v) is 11.0. The molecule has 94 valence electrons. The van der Waals surface area contributed by atoms with Crippen LogP contribution in [0, 0.1) is 0 Å². The van der Waals surface area contributed by atoms with Gasteiger partial charge < -0.3 is 10.5 Å². The van der Waals surface area contributed by atoms with E-state index in [0.29, 0.717) is 0 Å². The molecule has 0 aliphatic heterocycles. The Labute approximate surface area is 104 Å². The van der Waals surface area contributed by atoms with E-state index in [1.165, 1.54) is 30.4 Å². The molecule has 2 N–H and O–H groups in total. The maximum Gasteiger partial charge on any atom is 0.119 e. The lowest BCUT2D eigenvalue weighted by atomic mass is 9.77. The van der Waals surface area contributed by atoms with E-state index in [4.69, 9.17) is 10.5 Å². The maximum atomic E-state index is 6.57. The largest absolute Gasteiger partial charge is 0.497 e. The zero-order chi connectivity index (χ0) is 12.3. The molecule has 1 aromatic carbocycles. The van der Waals surface area contributed by atoms with Crippen molar-refractivity contribution < 1.29 is 4.74 Å². The maximum absolute atomic E-state index is 6.57. The van der Waals surface area contributed by atoms with Gasteiger partial charge in [-0.25, -0.2) is 0 Å². The van der Waals surface area contributed by atoms with Gasteiger partial charge in [0.2, 0.25) is 0 Å². The summed E-state index contributed by atoms with van der Waals surface area (Å²) in [6.45, 7) is 2.17. The molecule has 1 aliphatic rings. The minimum atomic E-state index is -0.128. The van der Waals surface area contributed by atoms with Crippen molar-refractivity contribution in [1.29, 1.82) is 0 Å². The first-order valence-corrected chi connectivity index (χ1v) is 6.65. The molecule has 0 unspecified atom stereocenters. The molecule has 0 bridgehead atoms.